The SMILES string of the molecule is COC(=O)C/C(=C\c1ccc(OC)cc1CN(CC(F)(F)F)C(=O)OC(C)(C)C)C(=O)OC. The minimum absolute atomic E-state index is 0.0876. The molecule has 0 N–H and O–H groups in total. The van der Waals surface area contributed by atoms with Crippen LogP contribution in [0.5, 0.6) is 5.75 Å². The molecule has 0 aliphatic carbocycles. The second-order valence-electron chi connectivity index (χ2n) is 7.93. The highest BCUT2D eigenvalue weighted by molar-refractivity contribution is 5.98. The predicted octanol–water partition coefficient (Wildman–Crippen LogP) is 4.11. The van der Waals surface area contributed by atoms with Crippen molar-refractivity contribution < 1.29 is 46.5 Å². The van der Waals surface area contributed by atoms with Gasteiger partial charge in [0.05, 0.1) is 34.3 Å². The second kappa shape index (κ2) is 11.6. The van der Waals surface area contributed by atoms with E-state index in [0.717, 1.165) is 14.2 Å². The smallest absolute Gasteiger partial charge is 0.410 e. The Balaban J connectivity index is 3.49. The van der Waals surface area contributed by atoms with Crippen LogP contribution in [0.2, 0.25) is 0 Å². The maximum atomic E-state index is 13.2. The molecular weight excluding hydrogens is 447 g/mol. The molecule has 0 heterocycles. The molecule has 0 saturated carbocycles. The molecule has 33 heavy (non-hydrogen) atoms. The summed E-state index contributed by atoms with van der Waals surface area (Å²) in [5, 5.41) is 0. The van der Waals surface area contributed by atoms with Crippen molar-refractivity contribution in [1.82, 2.24) is 4.90 Å². The van der Waals surface area contributed by atoms with E-state index in [1.54, 1.807) is 0 Å². The maximum absolute atomic E-state index is 13.2. The first-order valence-corrected chi connectivity index (χ1v) is 9.76. The average molecular weight is 475 g/mol. The Bertz CT molecular complexity index is 889. The predicted molar refractivity (Wildman–Crippen MR) is 112 cm³/mol. The van der Waals surface area contributed by atoms with E-state index in [0.29, 0.717) is 10.6 Å². The van der Waals surface area contributed by atoms with Crippen molar-refractivity contribution in [1.29, 1.82) is 0 Å². The standard InChI is InChI=1S/C22H28F3NO7/c1-21(2,3)33-20(29)26(13-22(23,24)25)12-16-10-17(30-4)8-7-14(16)9-15(19(28)32-6)11-18(27)31-5/h7-10H,11-13H2,1-6H3/b15-9+. The molecule has 0 radical (unpaired) electrons. The van der Waals surface area contributed by atoms with Crippen LogP contribution in [0.4, 0.5) is 18.0 Å². The highest BCUT2D eigenvalue weighted by Crippen LogP contribution is 2.26. The van der Waals surface area contributed by atoms with Crippen LogP contribution in [-0.2, 0) is 30.3 Å². The Morgan fingerprint density at radius 1 is 1.03 bits per heavy atom. The van der Waals surface area contributed by atoms with Crippen LogP contribution in [0.25, 0.3) is 6.08 Å². The molecule has 0 unspecified atom stereocenters. The minimum Gasteiger partial charge on any atom is -0.497 e. The fraction of sp³-hybridized carbons (Fsp3) is 0.500. The summed E-state index contributed by atoms with van der Waals surface area (Å²) in [6.07, 6.45) is -4.99. The second-order valence-corrected chi connectivity index (χ2v) is 7.93. The molecular formula is C22H28F3NO7. The van der Waals surface area contributed by atoms with Crippen LogP contribution in [0.1, 0.15) is 38.3 Å². The molecule has 1 rings (SSSR count). The van der Waals surface area contributed by atoms with E-state index >= 15 is 0 Å². The first-order chi connectivity index (χ1) is 15.2. The summed E-state index contributed by atoms with van der Waals surface area (Å²) in [5.74, 6) is -1.22. The Kier molecular flexibility index (Phi) is 9.75. The van der Waals surface area contributed by atoms with Gasteiger partial charge in [0.25, 0.3) is 0 Å². The topological polar surface area (TPSA) is 91.4 Å². The van der Waals surface area contributed by atoms with E-state index < -0.39 is 49.3 Å². The molecule has 0 aliphatic rings. The number of amides is 1. The lowest BCUT2D eigenvalue weighted by molar-refractivity contribution is -0.145. The van der Waals surface area contributed by atoms with Crippen molar-refractivity contribution in [2.24, 2.45) is 0 Å². The molecule has 8 nitrogen and oxygen atoms in total. The van der Waals surface area contributed by atoms with Crippen LogP contribution in [0.3, 0.4) is 0 Å². The number of ether oxygens (including phenoxy) is 4. The molecule has 0 bridgehead atoms. The first-order valence-electron chi connectivity index (χ1n) is 9.76. The van der Waals surface area contributed by atoms with Crippen LogP contribution >= 0.6 is 0 Å². The summed E-state index contributed by atoms with van der Waals surface area (Å²) in [6.45, 7) is 2.53. The number of hydrogen-bond donors (Lipinski definition) is 0. The van der Waals surface area contributed by atoms with Crippen molar-refractivity contribution in [3.05, 3.63) is 34.9 Å². The summed E-state index contributed by atoms with van der Waals surface area (Å²) in [6, 6.07) is 4.42. The summed E-state index contributed by atoms with van der Waals surface area (Å²) >= 11 is 0. The third kappa shape index (κ3) is 9.84. The number of rotatable bonds is 8. The van der Waals surface area contributed by atoms with E-state index in [4.69, 9.17) is 9.47 Å². The zero-order valence-corrected chi connectivity index (χ0v) is 19.4. The number of carbonyl (C=O) groups excluding carboxylic acids is 3. The molecule has 1 aromatic carbocycles. The molecule has 0 atom stereocenters. The van der Waals surface area contributed by atoms with Gasteiger partial charge < -0.3 is 18.9 Å². The molecule has 1 amide bonds. The molecule has 184 valence electrons. The molecule has 0 spiro atoms. The van der Waals surface area contributed by atoms with Gasteiger partial charge in [-0.3, -0.25) is 9.69 Å². The average Bonchev–Trinajstić information content (AvgIpc) is 2.70. The number of hydrogen-bond acceptors (Lipinski definition) is 7. The summed E-state index contributed by atoms with van der Waals surface area (Å²) in [5.41, 5.74) is -0.613. The maximum Gasteiger partial charge on any atom is 0.410 e. The number of alkyl halides is 3. The van der Waals surface area contributed by atoms with Crippen LogP contribution in [0, 0.1) is 0 Å². The number of methoxy groups -OCH3 is 3. The van der Waals surface area contributed by atoms with Crippen molar-refractivity contribution >= 4 is 24.1 Å². The van der Waals surface area contributed by atoms with Gasteiger partial charge in [-0.15, -0.1) is 0 Å². The monoisotopic (exact) mass is 475 g/mol. The molecule has 11 heteroatoms. The molecule has 1 aromatic rings. The van der Waals surface area contributed by atoms with E-state index in [2.05, 4.69) is 9.47 Å². The lowest BCUT2D eigenvalue weighted by Gasteiger charge is -2.28. The van der Waals surface area contributed by atoms with Crippen molar-refractivity contribution in [2.45, 2.75) is 45.5 Å². The molecule has 0 saturated heterocycles. The summed E-state index contributed by atoms with van der Waals surface area (Å²) in [7, 11) is 3.63. The number of esters is 2. The highest BCUT2D eigenvalue weighted by atomic mass is 19.4. The van der Waals surface area contributed by atoms with Crippen molar-refractivity contribution in [3.8, 4) is 5.75 Å². The van der Waals surface area contributed by atoms with Crippen LogP contribution in [0.15, 0.2) is 23.8 Å². The summed E-state index contributed by atoms with van der Waals surface area (Å²) < 4.78 is 59.1. The number of carbonyl (C=O) groups is 3. The first kappa shape index (κ1) is 27.8. The Labute approximate surface area is 190 Å². The van der Waals surface area contributed by atoms with E-state index in [1.807, 2.05) is 0 Å². The van der Waals surface area contributed by atoms with Crippen LogP contribution < -0.4 is 4.74 Å². The quantitative estimate of drug-likeness (QED) is 0.317. The Morgan fingerprint density at radius 2 is 1.67 bits per heavy atom. The van der Waals surface area contributed by atoms with Gasteiger partial charge in [-0.05, 0) is 50.1 Å². The van der Waals surface area contributed by atoms with Gasteiger partial charge >= 0.3 is 24.2 Å². The molecule has 0 fully saturated rings. The molecule has 0 aromatic heterocycles. The van der Waals surface area contributed by atoms with E-state index in [-0.39, 0.29) is 16.7 Å². The zero-order chi connectivity index (χ0) is 25.4. The Morgan fingerprint density at radius 3 is 2.15 bits per heavy atom. The van der Waals surface area contributed by atoms with Gasteiger partial charge in [0.2, 0.25) is 0 Å². The highest BCUT2D eigenvalue weighted by Gasteiger charge is 2.35. The van der Waals surface area contributed by atoms with Crippen molar-refractivity contribution in [2.75, 3.05) is 27.9 Å². The van der Waals surface area contributed by atoms with E-state index in [1.165, 1.54) is 52.2 Å². The minimum atomic E-state index is -4.69. The van der Waals surface area contributed by atoms with E-state index in [9.17, 15) is 27.6 Å². The number of benzene rings is 1. The fourth-order valence-electron chi connectivity index (χ4n) is 2.65. The third-order valence-electron chi connectivity index (χ3n) is 4.07. The number of halogens is 3. The normalized spacial score (nSPS) is 12.1. The Hall–Kier alpha value is -3.24. The summed E-state index contributed by atoms with van der Waals surface area (Å²) in [4.78, 5) is 36.8. The fourth-order valence-corrected chi connectivity index (χ4v) is 2.65. The van der Waals surface area contributed by atoms with Crippen molar-refractivity contribution in [3.63, 3.8) is 0 Å². The van der Waals surface area contributed by atoms with Crippen LogP contribution in [-0.4, -0.2) is 62.6 Å². The zero-order valence-electron chi connectivity index (χ0n) is 19.4. The van der Waals surface area contributed by atoms with Gasteiger partial charge in [-0.1, -0.05) is 6.07 Å². The van der Waals surface area contributed by atoms with Gasteiger partial charge in [0.1, 0.15) is 17.9 Å². The van der Waals surface area contributed by atoms with Gasteiger partial charge in [0.15, 0.2) is 0 Å². The lowest BCUT2D eigenvalue weighted by atomic mass is 10.0. The van der Waals surface area contributed by atoms with Gasteiger partial charge in [-0.2, -0.15) is 13.2 Å². The molecule has 0 aliphatic heterocycles. The van der Waals surface area contributed by atoms with Gasteiger partial charge in [-0.25, -0.2) is 9.59 Å². The third-order valence-corrected chi connectivity index (χ3v) is 4.07. The largest absolute Gasteiger partial charge is 0.497 e. The number of nitrogens with zero attached hydrogens (tertiary/aromatic N) is 1. The van der Waals surface area contributed by atoms with Gasteiger partial charge in [0, 0.05) is 5.57 Å². The lowest BCUT2D eigenvalue weighted by Crippen LogP contribution is -2.41.